The molecule has 0 aromatic carbocycles. The van der Waals surface area contributed by atoms with Gasteiger partial charge >= 0.3 is 12.0 Å². The zero-order valence-corrected chi connectivity index (χ0v) is 12.0. The third kappa shape index (κ3) is 5.46. The van der Waals surface area contributed by atoms with Crippen LogP contribution in [0.4, 0.5) is 4.79 Å². The number of amides is 2. The molecule has 0 radical (unpaired) electrons. The Morgan fingerprint density at radius 3 is 2.63 bits per heavy atom. The lowest BCUT2D eigenvalue weighted by Crippen LogP contribution is -2.50. The van der Waals surface area contributed by atoms with E-state index in [1.807, 2.05) is 20.9 Å². The first kappa shape index (κ1) is 15.8. The molecule has 2 atom stereocenters. The van der Waals surface area contributed by atoms with Gasteiger partial charge in [0.15, 0.2) is 0 Å². The second-order valence-electron chi connectivity index (χ2n) is 5.64. The molecule has 110 valence electrons. The molecule has 1 saturated heterocycles. The summed E-state index contributed by atoms with van der Waals surface area (Å²) >= 11 is 0. The molecular weight excluding hydrogens is 246 g/mol. The van der Waals surface area contributed by atoms with Crippen LogP contribution in [0, 0.1) is 11.8 Å². The first-order valence-electron chi connectivity index (χ1n) is 6.86. The minimum atomic E-state index is -0.868. The number of carbonyl (C=O) groups is 2. The van der Waals surface area contributed by atoms with Gasteiger partial charge < -0.3 is 20.6 Å². The lowest BCUT2D eigenvalue weighted by molar-refractivity contribution is -0.142. The molecule has 0 aromatic heterocycles. The molecule has 0 aromatic rings. The van der Waals surface area contributed by atoms with Crippen molar-refractivity contribution in [1.29, 1.82) is 0 Å². The molecule has 1 aliphatic rings. The number of rotatable bonds is 5. The lowest BCUT2D eigenvalue weighted by atomic mass is 9.96. The number of hydrogen-bond donors (Lipinski definition) is 3. The molecule has 1 rings (SSSR count). The normalized spacial score (nSPS) is 22.0. The predicted octanol–water partition coefficient (Wildman–Crippen LogP) is 0.737. The first-order chi connectivity index (χ1) is 8.90. The van der Waals surface area contributed by atoms with Crippen LogP contribution in [0.2, 0.25) is 0 Å². The molecule has 0 aliphatic carbocycles. The van der Waals surface area contributed by atoms with E-state index in [4.69, 9.17) is 5.11 Å². The van der Waals surface area contributed by atoms with Gasteiger partial charge in [-0.15, -0.1) is 0 Å². The average molecular weight is 271 g/mol. The molecule has 1 fully saturated rings. The van der Waals surface area contributed by atoms with Gasteiger partial charge in [-0.05, 0) is 32.4 Å². The summed E-state index contributed by atoms with van der Waals surface area (Å²) in [5.74, 6) is -1.41. The van der Waals surface area contributed by atoms with Crippen molar-refractivity contribution in [2.45, 2.75) is 32.7 Å². The van der Waals surface area contributed by atoms with Crippen molar-refractivity contribution in [3.63, 3.8) is 0 Å². The third-order valence-electron chi connectivity index (χ3n) is 3.56. The van der Waals surface area contributed by atoms with E-state index in [1.54, 1.807) is 0 Å². The summed E-state index contributed by atoms with van der Waals surface area (Å²) < 4.78 is 0. The molecule has 3 N–H and O–H groups in total. The topological polar surface area (TPSA) is 81.7 Å². The van der Waals surface area contributed by atoms with E-state index in [9.17, 15) is 9.59 Å². The van der Waals surface area contributed by atoms with E-state index in [0.717, 1.165) is 25.9 Å². The Morgan fingerprint density at radius 2 is 2.11 bits per heavy atom. The Balaban J connectivity index is 2.32. The van der Waals surface area contributed by atoms with Crippen LogP contribution in [0.5, 0.6) is 0 Å². The second-order valence-corrected chi connectivity index (χ2v) is 5.64. The number of piperidine rings is 1. The molecule has 2 amide bonds. The fourth-order valence-corrected chi connectivity index (χ4v) is 2.33. The summed E-state index contributed by atoms with van der Waals surface area (Å²) in [6, 6.07) is -0.117. The van der Waals surface area contributed by atoms with Gasteiger partial charge in [-0.1, -0.05) is 13.8 Å². The van der Waals surface area contributed by atoms with Crippen LogP contribution in [-0.2, 0) is 4.79 Å². The second kappa shape index (κ2) is 7.33. The number of urea groups is 1. The number of carboxylic acid groups (broad SMARTS) is 1. The lowest BCUT2D eigenvalue weighted by Gasteiger charge is -2.30. The number of hydrogen-bond acceptors (Lipinski definition) is 3. The highest BCUT2D eigenvalue weighted by molar-refractivity contribution is 5.76. The molecule has 6 nitrogen and oxygen atoms in total. The molecule has 19 heavy (non-hydrogen) atoms. The van der Waals surface area contributed by atoms with E-state index in [1.165, 1.54) is 0 Å². The van der Waals surface area contributed by atoms with Crippen LogP contribution in [0.15, 0.2) is 0 Å². The molecule has 2 unspecified atom stereocenters. The summed E-state index contributed by atoms with van der Waals surface area (Å²) in [5.41, 5.74) is 0. The van der Waals surface area contributed by atoms with E-state index < -0.39 is 11.9 Å². The van der Waals surface area contributed by atoms with E-state index in [-0.39, 0.29) is 24.5 Å². The molecule has 0 spiro atoms. The van der Waals surface area contributed by atoms with Crippen molar-refractivity contribution in [2.24, 2.45) is 11.8 Å². The molecule has 6 heteroatoms. The standard InChI is InChI=1S/C13H25N3O3/c1-9(2)11(12(17)18)7-14-13(19)15-10-5-4-6-16(3)8-10/h9-11H,4-8H2,1-3H3,(H,17,18)(H2,14,15,19). The number of likely N-dealkylation sites (tertiary alicyclic amines) is 1. The SMILES string of the molecule is CC(C)C(CNC(=O)NC1CCCN(C)C1)C(=O)O. The zero-order valence-electron chi connectivity index (χ0n) is 12.0. The number of nitrogens with one attached hydrogen (secondary N) is 2. The third-order valence-corrected chi connectivity index (χ3v) is 3.56. The van der Waals surface area contributed by atoms with E-state index in [2.05, 4.69) is 15.5 Å². The fourth-order valence-electron chi connectivity index (χ4n) is 2.33. The Morgan fingerprint density at radius 1 is 1.42 bits per heavy atom. The van der Waals surface area contributed by atoms with E-state index in [0.29, 0.717) is 0 Å². The first-order valence-corrected chi connectivity index (χ1v) is 6.86. The Hall–Kier alpha value is -1.30. The minimum Gasteiger partial charge on any atom is -0.481 e. The van der Waals surface area contributed by atoms with Gasteiger partial charge in [0, 0.05) is 19.1 Å². The van der Waals surface area contributed by atoms with Crippen LogP contribution in [-0.4, -0.2) is 54.7 Å². The Kier molecular flexibility index (Phi) is 6.08. The van der Waals surface area contributed by atoms with E-state index >= 15 is 0 Å². The van der Waals surface area contributed by atoms with Crippen LogP contribution < -0.4 is 10.6 Å². The maximum absolute atomic E-state index is 11.7. The summed E-state index contributed by atoms with van der Waals surface area (Å²) in [5, 5.41) is 14.6. The fraction of sp³-hybridized carbons (Fsp3) is 0.846. The van der Waals surface area contributed by atoms with Crippen molar-refractivity contribution in [3.05, 3.63) is 0 Å². The number of aliphatic carboxylic acids is 1. The summed E-state index contributed by atoms with van der Waals surface area (Å²) in [7, 11) is 2.03. The van der Waals surface area contributed by atoms with Crippen molar-refractivity contribution < 1.29 is 14.7 Å². The van der Waals surface area contributed by atoms with Gasteiger partial charge in [0.25, 0.3) is 0 Å². The van der Waals surface area contributed by atoms with Crippen molar-refractivity contribution in [3.8, 4) is 0 Å². The van der Waals surface area contributed by atoms with Gasteiger partial charge in [-0.25, -0.2) is 4.79 Å². The van der Waals surface area contributed by atoms with Crippen LogP contribution >= 0.6 is 0 Å². The summed E-state index contributed by atoms with van der Waals surface area (Å²) in [6.45, 7) is 5.76. The smallest absolute Gasteiger partial charge is 0.315 e. The maximum atomic E-state index is 11.7. The van der Waals surface area contributed by atoms with Crippen molar-refractivity contribution in [1.82, 2.24) is 15.5 Å². The number of carboxylic acids is 1. The van der Waals surface area contributed by atoms with Crippen molar-refractivity contribution in [2.75, 3.05) is 26.7 Å². The quantitative estimate of drug-likeness (QED) is 0.689. The van der Waals surface area contributed by atoms with Gasteiger partial charge in [-0.2, -0.15) is 0 Å². The zero-order chi connectivity index (χ0) is 14.4. The monoisotopic (exact) mass is 271 g/mol. The van der Waals surface area contributed by atoms with Gasteiger partial charge in [0.05, 0.1) is 5.92 Å². The Labute approximate surface area is 114 Å². The van der Waals surface area contributed by atoms with Crippen LogP contribution in [0.25, 0.3) is 0 Å². The Bertz CT molecular complexity index is 320. The molecule has 0 saturated carbocycles. The molecule has 1 heterocycles. The molecular formula is C13H25N3O3. The van der Waals surface area contributed by atoms with Crippen LogP contribution in [0.3, 0.4) is 0 Å². The van der Waals surface area contributed by atoms with Gasteiger partial charge in [0.1, 0.15) is 0 Å². The predicted molar refractivity (Wildman–Crippen MR) is 73.0 cm³/mol. The maximum Gasteiger partial charge on any atom is 0.315 e. The molecule has 0 bridgehead atoms. The highest BCUT2D eigenvalue weighted by atomic mass is 16.4. The minimum absolute atomic E-state index is 0.00128. The number of nitrogens with zero attached hydrogens (tertiary/aromatic N) is 1. The van der Waals surface area contributed by atoms with Gasteiger partial charge in [0.2, 0.25) is 0 Å². The largest absolute Gasteiger partial charge is 0.481 e. The highest BCUT2D eigenvalue weighted by Crippen LogP contribution is 2.10. The summed E-state index contributed by atoms with van der Waals surface area (Å²) in [6.07, 6.45) is 2.05. The highest BCUT2D eigenvalue weighted by Gasteiger charge is 2.23. The number of likely N-dealkylation sites (N-methyl/N-ethyl adjacent to an activating group) is 1. The van der Waals surface area contributed by atoms with Gasteiger partial charge in [-0.3, -0.25) is 4.79 Å². The van der Waals surface area contributed by atoms with Crippen LogP contribution in [0.1, 0.15) is 26.7 Å². The molecule has 1 aliphatic heterocycles. The average Bonchev–Trinajstić information content (AvgIpc) is 2.27. The summed E-state index contributed by atoms with van der Waals surface area (Å²) in [4.78, 5) is 24.9. The van der Waals surface area contributed by atoms with Crippen molar-refractivity contribution >= 4 is 12.0 Å². The number of carbonyl (C=O) groups excluding carboxylic acids is 1.